The van der Waals surface area contributed by atoms with E-state index in [1.807, 2.05) is 60.7 Å². The highest BCUT2D eigenvalue weighted by Gasteiger charge is 2.28. The molecule has 6 nitrogen and oxygen atoms in total. The number of hydrogen-bond acceptors (Lipinski definition) is 6. The minimum absolute atomic E-state index is 0.212. The van der Waals surface area contributed by atoms with Crippen LogP contribution in [0, 0.1) is 41.5 Å². The number of hydrogen-bond donors (Lipinski definition) is 0. The Balaban J connectivity index is 1.45. The molecule has 1 heterocycles. The number of aryl methyl sites for hydroxylation is 6. The highest BCUT2D eigenvalue weighted by molar-refractivity contribution is 7.43. The van der Waals surface area contributed by atoms with Gasteiger partial charge in [-0.15, -0.1) is 0 Å². The van der Waals surface area contributed by atoms with E-state index < -0.39 is 16.8 Å². The molecule has 58 heavy (non-hydrogen) atoms. The lowest BCUT2D eigenvalue weighted by molar-refractivity contribution is 0.387. The maximum atomic E-state index is 7.15. The maximum Gasteiger partial charge on any atom is 0.530 e. The zero-order valence-electron chi connectivity index (χ0n) is 35.7. The Bertz CT molecular complexity index is 2530. The molecule has 7 aromatic rings. The topological polar surface area (TPSA) is 63.2 Å². The first-order valence-electron chi connectivity index (χ1n) is 19.8. The van der Waals surface area contributed by atoms with E-state index in [4.69, 9.17) is 26.5 Å². The first kappa shape index (κ1) is 41.0. The van der Waals surface area contributed by atoms with Gasteiger partial charge in [0.2, 0.25) is 0 Å². The Morgan fingerprint density at radius 1 is 0.466 bits per heavy atom. The molecule has 0 amide bonds. The van der Waals surface area contributed by atoms with Crippen molar-refractivity contribution in [2.75, 3.05) is 0 Å². The van der Waals surface area contributed by atoms with E-state index in [2.05, 4.69) is 132 Å². The Labute approximate surface area is 345 Å². The van der Waals surface area contributed by atoms with Crippen LogP contribution in [-0.2, 0) is 10.8 Å². The third kappa shape index (κ3) is 8.95. The van der Waals surface area contributed by atoms with Crippen molar-refractivity contribution in [2.24, 2.45) is 0 Å². The lowest BCUT2D eigenvalue weighted by atomic mass is 9.83. The lowest BCUT2D eigenvalue weighted by Gasteiger charge is -2.22. The van der Waals surface area contributed by atoms with Crippen LogP contribution in [0.2, 0.25) is 0 Å². The van der Waals surface area contributed by atoms with Gasteiger partial charge in [-0.05, 0) is 134 Å². The molecule has 0 fully saturated rings. The Hall–Kier alpha value is -5.15. The van der Waals surface area contributed by atoms with Gasteiger partial charge >= 0.3 is 16.8 Å². The van der Waals surface area contributed by atoms with Crippen LogP contribution >= 0.6 is 16.8 Å². The Morgan fingerprint density at radius 3 is 1.29 bits per heavy atom. The van der Waals surface area contributed by atoms with Gasteiger partial charge in [-0.3, -0.25) is 0 Å². The van der Waals surface area contributed by atoms with Crippen LogP contribution in [0.5, 0.6) is 23.0 Å². The van der Waals surface area contributed by atoms with E-state index in [0.29, 0.717) is 23.0 Å². The van der Waals surface area contributed by atoms with Crippen molar-refractivity contribution in [1.82, 2.24) is 0 Å². The fraction of sp³-hybridized carbons (Fsp3) is 0.280. The van der Waals surface area contributed by atoms with Gasteiger partial charge in [0, 0.05) is 33.0 Å². The van der Waals surface area contributed by atoms with Crippen LogP contribution in [0.15, 0.2) is 118 Å². The predicted molar refractivity (Wildman–Crippen MR) is 242 cm³/mol. The van der Waals surface area contributed by atoms with Gasteiger partial charge in [0.1, 0.15) is 34.2 Å². The van der Waals surface area contributed by atoms with Crippen LogP contribution < -0.4 is 18.1 Å². The molecule has 0 unspecified atom stereocenters. The van der Waals surface area contributed by atoms with Crippen molar-refractivity contribution in [1.29, 1.82) is 0 Å². The van der Waals surface area contributed by atoms with Gasteiger partial charge in [0.15, 0.2) is 0 Å². The molecule has 7 rings (SSSR count). The molecule has 0 aliphatic carbocycles. The van der Waals surface area contributed by atoms with E-state index in [9.17, 15) is 0 Å². The number of para-hydroxylation sites is 2. The quantitative estimate of drug-likeness (QED) is 0.135. The van der Waals surface area contributed by atoms with E-state index in [1.165, 1.54) is 0 Å². The van der Waals surface area contributed by atoms with Crippen molar-refractivity contribution in [2.45, 2.75) is 93.9 Å². The van der Waals surface area contributed by atoms with Crippen LogP contribution in [0.1, 0.15) is 86.1 Å². The third-order valence-corrected chi connectivity index (χ3v) is 12.1. The number of fused-ring (bicyclic) bond motifs is 3. The van der Waals surface area contributed by atoms with Gasteiger partial charge in [0.05, 0.1) is 0 Å². The molecule has 0 spiro atoms. The fourth-order valence-corrected chi connectivity index (χ4v) is 9.64. The molecule has 300 valence electrons. The van der Waals surface area contributed by atoms with Crippen LogP contribution in [-0.4, -0.2) is 0 Å². The third-order valence-electron chi connectivity index (χ3n) is 10.0. The summed E-state index contributed by atoms with van der Waals surface area (Å²) in [5, 5.41) is 2.03. The highest BCUT2D eigenvalue weighted by atomic mass is 31.2. The van der Waals surface area contributed by atoms with E-state index >= 15 is 0 Å². The van der Waals surface area contributed by atoms with Crippen LogP contribution in [0.25, 0.3) is 33.1 Å². The smallest absolute Gasteiger partial charge is 0.409 e. The largest absolute Gasteiger partial charge is 0.530 e. The molecule has 0 N–H and O–H groups in total. The normalized spacial score (nSPS) is 11.9. The van der Waals surface area contributed by atoms with Crippen molar-refractivity contribution < 1.29 is 26.5 Å². The average molecular weight is 813 g/mol. The van der Waals surface area contributed by atoms with Crippen LogP contribution in [0.3, 0.4) is 0 Å². The second-order valence-electron chi connectivity index (χ2n) is 17.4. The molecule has 0 aliphatic rings. The minimum Gasteiger partial charge on any atom is -0.409 e. The van der Waals surface area contributed by atoms with E-state index in [1.54, 1.807) is 0 Å². The standard InChI is InChI=1S/C50H54O6P2/c1-31-23-35(5)45(53-57(51-37-19-15-13-16-20-37)52-38-21-17-14-18-22-38)39(25-31)40-26-32(2)24-36(6)46(40)54-58-55-47-41(27-33(3)29-43(47)49(7,8)9)42-28-34(4)30-44(48(42)56-58)50(10,11)12/h13-30H,1-12H3. The molecule has 0 atom stereocenters. The Morgan fingerprint density at radius 2 is 0.862 bits per heavy atom. The first-order valence-corrected chi connectivity index (χ1v) is 22.0. The number of benzene rings is 6. The van der Waals surface area contributed by atoms with Crippen molar-refractivity contribution in [3.05, 3.63) is 154 Å². The van der Waals surface area contributed by atoms with Crippen molar-refractivity contribution in [3.8, 4) is 34.1 Å². The van der Waals surface area contributed by atoms with E-state index in [-0.39, 0.29) is 10.8 Å². The zero-order chi connectivity index (χ0) is 41.5. The molecule has 8 heteroatoms. The van der Waals surface area contributed by atoms with Crippen molar-refractivity contribution >= 4 is 38.8 Å². The lowest BCUT2D eigenvalue weighted by Crippen LogP contribution is -2.12. The monoisotopic (exact) mass is 812 g/mol. The van der Waals surface area contributed by atoms with Gasteiger partial charge in [0.25, 0.3) is 0 Å². The molecule has 6 aromatic carbocycles. The minimum atomic E-state index is -2.02. The predicted octanol–water partition coefficient (Wildman–Crippen LogP) is 16.0. The molecule has 0 radical (unpaired) electrons. The SMILES string of the molecule is Cc1cc(C)c(OP(Oc2ccccc2)Oc2ccccc2)c(-c2cc(C)cc(C)c2Op2oc3c(C(C)(C)C)cc(C)cc3c3cc(C)cc(C(C)(C)C)c3o2)c1. The fourth-order valence-electron chi connectivity index (χ4n) is 7.35. The van der Waals surface area contributed by atoms with Gasteiger partial charge in [-0.2, -0.15) is 0 Å². The molecule has 0 aliphatic heterocycles. The molecule has 0 saturated heterocycles. The summed E-state index contributed by atoms with van der Waals surface area (Å²) in [5.41, 5.74) is 11.4. The Kier molecular flexibility index (Phi) is 11.5. The summed E-state index contributed by atoms with van der Waals surface area (Å²) in [6.07, 6.45) is 0. The second-order valence-corrected chi connectivity index (χ2v) is 19.4. The summed E-state index contributed by atoms with van der Waals surface area (Å²) < 4.78 is 41.0. The van der Waals surface area contributed by atoms with Gasteiger partial charge in [-0.25, -0.2) is 0 Å². The van der Waals surface area contributed by atoms with E-state index in [0.717, 1.165) is 77.6 Å². The van der Waals surface area contributed by atoms with Crippen molar-refractivity contribution in [3.63, 3.8) is 0 Å². The van der Waals surface area contributed by atoms with Gasteiger partial charge in [-0.1, -0.05) is 102 Å². The molecular weight excluding hydrogens is 758 g/mol. The summed E-state index contributed by atoms with van der Waals surface area (Å²) in [5.74, 6) is 2.59. The second kappa shape index (κ2) is 16.2. The average Bonchev–Trinajstić information content (AvgIpc) is 3.29. The molecule has 0 saturated carbocycles. The summed E-state index contributed by atoms with van der Waals surface area (Å²) in [6.45, 7) is 25.9. The zero-order valence-corrected chi connectivity index (χ0v) is 37.5. The summed E-state index contributed by atoms with van der Waals surface area (Å²) in [7, 11) is -3.97. The van der Waals surface area contributed by atoms with Crippen LogP contribution in [0.4, 0.5) is 0 Å². The van der Waals surface area contributed by atoms with Gasteiger partial charge < -0.3 is 26.5 Å². The molecule has 1 aromatic heterocycles. The summed E-state index contributed by atoms with van der Waals surface area (Å²) >= 11 is 0. The summed E-state index contributed by atoms with van der Waals surface area (Å²) in [6, 6.07) is 36.6. The maximum absolute atomic E-state index is 7.15. The highest BCUT2D eigenvalue weighted by Crippen LogP contribution is 2.51. The molecule has 0 bridgehead atoms. The number of rotatable bonds is 9. The molecular formula is C50H54O6P2. The first-order chi connectivity index (χ1) is 27.4. The summed E-state index contributed by atoms with van der Waals surface area (Å²) in [4.78, 5) is 0.